The van der Waals surface area contributed by atoms with Crippen LogP contribution in [0.25, 0.3) is 5.57 Å². The standard InChI is InChI=1S/C26H25N3O3/c1-4-32-21-13-11-19(12-14-21)23-24(28-22-10-7-8-17(2)18(22)3)26(31)29(25(23)30)16-20-9-5-6-15-27-20/h5-15,28H,4,16H2,1-3H3. The van der Waals surface area contributed by atoms with E-state index in [1.54, 1.807) is 42.6 Å². The Hall–Kier alpha value is -3.93. The van der Waals surface area contributed by atoms with Gasteiger partial charge in [-0.25, -0.2) is 0 Å². The highest BCUT2D eigenvalue weighted by atomic mass is 16.5. The van der Waals surface area contributed by atoms with Gasteiger partial charge in [-0.3, -0.25) is 19.5 Å². The van der Waals surface area contributed by atoms with E-state index < -0.39 is 0 Å². The van der Waals surface area contributed by atoms with Gasteiger partial charge in [0.05, 0.1) is 24.4 Å². The van der Waals surface area contributed by atoms with Crippen molar-refractivity contribution in [1.29, 1.82) is 0 Å². The minimum Gasteiger partial charge on any atom is -0.494 e. The molecule has 4 rings (SSSR count). The van der Waals surface area contributed by atoms with Crippen molar-refractivity contribution in [3.63, 3.8) is 0 Å². The highest BCUT2D eigenvalue weighted by Gasteiger charge is 2.39. The van der Waals surface area contributed by atoms with Crippen LogP contribution < -0.4 is 10.1 Å². The minimum absolute atomic E-state index is 0.108. The van der Waals surface area contributed by atoms with Gasteiger partial charge in [0.2, 0.25) is 0 Å². The first-order chi connectivity index (χ1) is 15.5. The van der Waals surface area contributed by atoms with Gasteiger partial charge < -0.3 is 10.1 Å². The number of aryl methyl sites for hydroxylation is 1. The van der Waals surface area contributed by atoms with Crippen molar-refractivity contribution >= 4 is 23.1 Å². The molecular formula is C26H25N3O3. The average Bonchev–Trinajstić information content (AvgIpc) is 3.03. The van der Waals surface area contributed by atoms with E-state index in [0.717, 1.165) is 16.8 Å². The lowest BCUT2D eigenvalue weighted by Crippen LogP contribution is -2.32. The van der Waals surface area contributed by atoms with E-state index in [2.05, 4.69) is 10.3 Å². The van der Waals surface area contributed by atoms with E-state index in [4.69, 9.17) is 4.74 Å². The van der Waals surface area contributed by atoms with Crippen LogP contribution in [0.1, 0.15) is 29.3 Å². The predicted octanol–water partition coefficient (Wildman–Crippen LogP) is 4.49. The zero-order chi connectivity index (χ0) is 22.7. The van der Waals surface area contributed by atoms with Gasteiger partial charge in [0.25, 0.3) is 11.8 Å². The summed E-state index contributed by atoms with van der Waals surface area (Å²) in [6.07, 6.45) is 1.65. The van der Waals surface area contributed by atoms with Gasteiger partial charge in [-0.1, -0.05) is 30.3 Å². The molecule has 0 unspecified atom stereocenters. The van der Waals surface area contributed by atoms with Crippen LogP contribution in [-0.4, -0.2) is 28.3 Å². The average molecular weight is 428 g/mol. The smallest absolute Gasteiger partial charge is 0.278 e. The fourth-order valence-corrected chi connectivity index (χ4v) is 3.66. The summed E-state index contributed by atoms with van der Waals surface area (Å²) in [5.41, 5.74) is 4.83. The van der Waals surface area contributed by atoms with E-state index in [9.17, 15) is 9.59 Å². The number of rotatable bonds is 7. The molecule has 6 nitrogen and oxygen atoms in total. The number of imide groups is 1. The summed E-state index contributed by atoms with van der Waals surface area (Å²) in [4.78, 5) is 32.4. The topological polar surface area (TPSA) is 71.5 Å². The fraction of sp³-hybridized carbons (Fsp3) is 0.192. The van der Waals surface area contributed by atoms with Crippen LogP contribution in [0.2, 0.25) is 0 Å². The van der Waals surface area contributed by atoms with E-state index in [1.165, 1.54) is 4.90 Å². The molecule has 6 heteroatoms. The van der Waals surface area contributed by atoms with E-state index in [0.29, 0.717) is 29.2 Å². The summed E-state index contributed by atoms with van der Waals surface area (Å²) in [6.45, 7) is 6.57. The number of carbonyl (C=O) groups is 2. The molecule has 1 aliphatic rings. The van der Waals surface area contributed by atoms with Gasteiger partial charge in [-0.15, -0.1) is 0 Å². The Morgan fingerprint density at radius 3 is 2.41 bits per heavy atom. The molecule has 1 aliphatic heterocycles. The van der Waals surface area contributed by atoms with Crippen LogP contribution in [0.5, 0.6) is 5.75 Å². The molecule has 0 fully saturated rings. The highest BCUT2D eigenvalue weighted by Crippen LogP contribution is 2.33. The number of hydrogen-bond acceptors (Lipinski definition) is 5. The molecule has 2 heterocycles. The number of carbonyl (C=O) groups excluding carboxylic acids is 2. The molecule has 1 N–H and O–H groups in total. The maximum atomic E-state index is 13.4. The molecule has 3 aromatic rings. The number of nitrogens with one attached hydrogen (secondary N) is 1. The summed E-state index contributed by atoms with van der Waals surface area (Å²) in [6, 6.07) is 18.5. The molecule has 0 atom stereocenters. The third-order valence-electron chi connectivity index (χ3n) is 5.53. The van der Waals surface area contributed by atoms with Crippen LogP contribution in [0.3, 0.4) is 0 Å². The van der Waals surface area contributed by atoms with E-state index in [-0.39, 0.29) is 24.1 Å². The number of nitrogens with zero attached hydrogens (tertiary/aromatic N) is 2. The molecule has 0 spiro atoms. The number of aromatic nitrogens is 1. The van der Waals surface area contributed by atoms with Gasteiger partial charge in [0.1, 0.15) is 11.4 Å². The van der Waals surface area contributed by atoms with Gasteiger partial charge in [-0.2, -0.15) is 0 Å². The second-order valence-corrected chi connectivity index (χ2v) is 7.60. The van der Waals surface area contributed by atoms with Crippen molar-refractivity contribution in [2.24, 2.45) is 0 Å². The lowest BCUT2D eigenvalue weighted by atomic mass is 10.0. The maximum absolute atomic E-state index is 13.4. The summed E-state index contributed by atoms with van der Waals surface area (Å²) in [5.74, 6) is -0.00827. The fourth-order valence-electron chi connectivity index (χ4n) is 3.66. The van der Waals surface area contributed by atoms with Crippen molar-refractivity contribution in [3.05, 3.63) is 94.9 Å². The van der Waals surface area contributed by atoms with Gasteiger partial charge in [0, 0.05) is 11.9 Å². The van der Waals surface area contributed by atoms with Crippen LogP contribution in [-0.2, 0) is 16.1 Å². The zero-order valence-corrected chi connectivity index (χ0v) is 18.4. The van der Waals surface area contributed by atoms with Gasteiger partial charge in [-0.05, 0) is 67.8 Å². The summed E-state index contributed by atoms with van der Waals surface area (Å²) < 4.78 is 5.52. The molecule has 0 radical (unpaired) electrons. The Labute approximate surface area is 187 Å². The van der Waals surface area contributed by atoms with Crippen molar-refractivity contribution in [1.82, 2.24) is 9.88 Å². The molecule has 0 bridgehead atoms. The van der Waals surface area contributed by atoms with Gasteiger partial charge >= 0.3 is 0 Å². The monoisotopic (exact) mass is 427 g/mol. The first-order valence-electron chi connectivity index (χ1n) is 10.6. The number of benzene rings is 2. The molecule has 1 aromatic heterocycles. The van der Waals surface area contributed by atoms with Crippen molar-refractivity contribution in [3.8, 4) is 5.75 Å². The Morgan fingerprint density at radius 1 is 0.938 bits per heavy atom. The lowest BCUT2D eigenvalue weighted by Gasteiger charge is -2.15. The Bertz CT molecular complexity index is 1180. The lowest BCUT2D eigenvalue weighted by molar-refractivity contribution is -0.137. The molecule has 2 aromatic carbocycles. The molecular weight excluding hydrogens is 402 g/mol. The van der Waals surface area contributed by atoms with Crippen molar-refractivity contribution in [2.45, 2.75) is 27.3 Å². The number of hydrogen-bond donors (Lipinski definition) is 1. The second-order valence-electron chi connectivity index (χ2n) is 7.60. The summed E-state index contributed by atoms with van der Waals surface area (Å²) >= 11 is 0. The first-order valence-corrected chi connectivity index (χ1v) is 10.6. The zero-order valence-electron chi connectivity index (χ0n) is 18.4. The molecule has 162 valence electrons. The second kappa shape index (κ2) is 9.06. The quantitative estimate of drug-likeness (QED) is 0.563. The van der Waals surface area contributed by atoms with Crippen LogP contribution in [0.15, 0.2) is 72.6 Å². The molecule has 0 saturated heterocycles. The molecule has 0 saturated carbocycles. The Kier molecular flexibility index (Phi) is 6.03. The van der Waals surface area contributed by atoms with Crippen molar-refractivity contribution < 1.29 is 14.3 Å². The highest BCUT2D eigenvalue weighted by molar-refractivity contribution is 6.36. The van der Waals surface area contributed by atoms with E-state index >= 15 is 0 Å². The Morgan fingerprint density at radius 2 is 1.72 bits per heavy atom. The predicted molar refractivity (Wildman–Crippen MR) is 124 cm³/mol. The number of amides is 2. The SMILES string of the molecule is CCOc1ccc(C2=C(Nc3cccc(C)c3C)C(=O)N(Cc3ccccn3)C2=O)cc1. The van der Waals surface area contributed by atoms with E-state index in [1.807, 2.05) is 45.0 Å². The molecule has 32 heavy (non-hydrogen) atoms. The number of pyridine rings is 1. The first kappa shape index (κ1) is 21.3. The van der Waals surface area contributed by atoms with Gasteiger partial charge in [0.15, 0.2) is 0 Å². The Balaban J connectivity index is 1.75. The number of ether oxygens (including phenoxy) is 1. The molecule has 0 aliphatic carbocycles. The minimum atomic E-state index is -0.370. The van der Waals surface area contributed by atoms with Crippen LogP contribution in [0, 0.1) is 13.8 Å². The summed E-state index contributed by atoms with van der Waals surface area (Å²) in [7, 11) is 0. The van der Waals surface area contributed by atoms with Crippen LogP contribution >= 0.6 is 0 Å². The number of anilines is 1. The summed E-state index contributed by atoms with van der Waals surface area (Å²) in [5, 5.41) is 3.25. The normalized spacial score (nSPS) is 13.7. The molecule has 2 amide bonds. The largest absolute Gasteiger partial charge is 0.494 e. The third-order valence-corrected chi connectivity index (χ3v) is 5.53. The maximum Gasteiger partial charge on any atom is 0.278 e. The third kappa shape index (κ3) is 4.12. The van der Waals surface area contributed by atoms with Crippen LogP contribution in [0.4, 0.5) is 5.69 Å². The van der Waals surface area contributed by atoms with Crippen molar-refractivity contribution in [2.75, 3.05) is 11.9 Å².